The van der Waals surface area contributed by atoms with Crippen molar-refractivity contribution >= 4 is 15.9 Å². The second kappa shape index (κ2) is 8.25. The molecule has 0 aliphatic rings. The first-order chi connectivity index (χ1) is 9.91. The molecule has 0 radical (unpaired) electrons. The van der Waals surface area contributed by atoms with Gasteiger partial charge in [-0.3, -0.25) is 0 Å². The van der Waals surface area contributed by atoms with Crippen molar-refractivity contribution in [3.63, 3.8) is 0 Å². The fourth-order valence-corrected chi connectivity index (χ4v) is 3.71. The largest absolute Gasteiger partial charge is 0.312 e. The van der Waals surface area contributed by atoms with E-state index in [0.29, 0.717) is 10.5 Å². The average Bonchev–Trinajstić information content (AvgIpc) is 2.44. The molecule has 0 heterocycles. The lowest BCUT2D eigenvalue weighted by molar-refractivity contribution is 0.0889. The van der Waals surface area contributed by atoms with E-state index in [2.05, 4.69) is 61.0 Å². The van der Waals surface area contributed by atoms with Crippen LogP contribution in [0.4, 0.5) is 4.39 Å². The molecule has 0 saturated carbocycles. The summed E-state index contributed by atoms with van der Waals surface area (Å²) in [7, 11) is 4.30. The minimum Gasteiger partial charge on any atom is -0.312 e. The van der Waals surface area contributed by atoms with Gasteiger partial charge in [0.05, 0.1) is 4.47 Å². The molecule has 0 amide bonds. The fourth-order valence-electron chi connectivity index (χ4n) is 3.29. The molecule has 21 heavy (non-hydrogen) atoms. The van der Waals surface area contributed by atoms with Gasteiger partial charge >= 0.3 is 0 Å². The number of nitrogens with one attached hydrogen (secondary N) is 1. The van der Waals surface area contributed by atoms with Gasteiger partial charge in [-0.2, -0.15) is 0 Å². The lowest BCUT2D eigenvalue weighted by Gasteiger charge is -2.45. The van der Waals surface area contributed by atoms with Crippen LogP contribution in [0.5, 0.6) is 0 Å². The molecule has 1 aromatic carbocycles. The predicted molar refractivity (Wildman–Crippen MR) is 92.3 cm³/mol. The summed E-state index contributed by atoms with van der Waals surface area (Å²) < 4.78 is 13.9. The first-order valence-corrected chi connectivity index (χ1v) is 8.55. The first kappa shape index (κ1) is 18.6. The number of nitrogens with zero attached hydrogens (tertiary/aromatic N) is 1. The molecule has 0 fully saturated rings. The molecule has 4 heteroatoms. The monoisotopic (exact) mass is 358 g/mol. The number of benzene rings is 1. The average molecular weight is 359 g/mol. The molecule has 0 aliphatic carbocycles. The second-order valence-electron chi connectivity index (χ2n) is 5.77. The van der Waals surface area contributed by atoms with E-state index in [4.69, 9.17) is 0 Å². The molecular formula is C17H28BrFN2. The molecular weight excluding hydrogens is 331 g/mol. The smallest absolute Gasteiger partial charge is 0.137 e. The Kier molecular flexibility index (Phi) is 7.31. The van der Waals surface area contributed by atoms with Crippen molar-refractivity contribution in [2.45, 2.75) is 51.6 Å². The van der Waals surface area contributed by atoms with E-state index < -0.39 is 0 Å². The van der Waals surface area contributed by atoms with Crippen molar-refractivity contribution < 1.29 is 4.39 Å². The SMILES string of the molecule is CCNC(Cc1ccc(F)c(Br)c1)C(CC)(CC)N(C)C. The Hall–Kier alpha value is -0.450. The van der Waals surface area contributed by atoms with Gasteiger partial charge < -0.3 is 10.2 Å². The molecule has 0 aromatic heterocycles. The first-order valence-electron chi connectivity index (χ1n) is 7.76. The highest BCUT2D eigenvalue weighted by Gasteiger charge is 2.37. The third kappa shape index (κ3) is 4.27. The van der Waals surface area contributed by atoms with Gasteiger partial charge in [0.1, 0.15) is 5.82 Å². The predicted octanol–water partition coefficient (Wildman–Crippen LogP) is 4.23. The maximum Gasteiger partial charge on any atom is 0.137 e. The highest BCUT2D eigenvalue weighted by Crippen LogP contribution is 2.29. The van der Waals surface area contributed by atoms with Crippen molar-refractivity contribution in [2.75, 3.05) is 20.6 Å². The Bertz CT molecular complexity index is 444. The second-order valence-corrected chi connectivity index (χ2v) is 6.62. The maximum atomic E-state index is 13.4. The maximum absolute atomic E-state index is 13.4. The van der Waals surface area contributed by atoms with Gasteiger partial charge in [0, 0.05) is 11.6 Å². The van der Waals surface area contributed by atoms with Crippen LogP contribution in [0.3, 0.4) is 0 Å². The summed E-state index contributed by atoms with van der Waals surface area (Å²) in [6.45, 7) is 7.56. The summed E-state index contributed by atoms with van der Waals surface area (Å²) in [6, 6.07) is 5.66. The van der Waals surface area contributed by atoms with Gasteiger partial charge in [0.2, 0.25) is 0 Å². The van der Waals surface area contributed by atoms with Gasteiger partial charge in [0.15, 0.2) is 0 Å². The molecule has 2 nitrogen and oxygen atoms in total. The molecule has 0 aliphatic heterocycles. The van der Waals surface area contributed by atoms with Crippen LogP contribution in [0.25, 0.3) is 0 Å². The number of likely N-dealkylation sites (N-methyl/N-ethyl adjacent to an activating group) is 2. The number of rotatable bonds is 8. The van der Waals surface area contributed by atoms with Crippen molar-refractivity contribution in [1.82, 2.24) is 10.2 Å². The lowest BCUT2D eigenvalue weighted by atomic mass is 9.80. The van der Waals surface area contributed by atoms with Crippen molar-refractivity contribution in [3.8, 4) is 0 Å². The van der Waals surface area contributed by atoms with Gasteiger partial charge in [-0.15, -0.1) is 0 Å². The van der Waals surface area contributed by atoms with E-state index >= 15 is 0 Å². The number of halogens is 2. The normalized spacial score (nSPS) is 13.7. The van der Waals surface area contributed by atoms with Crippen LogP contribution < -0.4 is 5.32 Å². The van der Waals surface area contributed by atoms with Gasteiger partial charge in [-0.05, 0) is 73.5 Å². The summed E-state index contributed by atoms with van der Waals surface area (Å²) in [6.07, 6.45) is 3.06. The highest BCUT2D eigenvalue weighted by molar-refractivity contribution is 9.10. The minimum atomic E-state index is -0.205. The molecule has 0 saturated heterocycles. The van der Waals surface area contributed by atoms with Crippen LogP contribution in [0, 0.1) is 5.82 Å². The fraction of sp³-hybridized carbons (Fsp3) is 0.647. The van der Waals surface area contributed by atoms with Crippen LogP contribution in [0.15, 0.2) is 22.7 Å². The summed E-state index contributed by atoms with van der Waals surface area (Å²) in [4.78, 5) is 2.33. The molecule has 1 unspecified atom stereocenters. The summed E-state index contributed by atoms with van der Waals surface area (Å²) in [5.74, 6) is -0.205. The minimum absolute atomic E-state index is 0.108. The van der Waals surface area contributed by atoms with Crippen LogP contribution in [-0.2, 0) is 6.42 Å². The summed E-state index contributed by atoms with van der Waals surface area (Å²) in [5, 5.41) is 3.64. The van der Waals surface area contributed by atoms with E-state index in [0.717, 1.165) is 31.4 Å². The lowest BCUT2D eigenvalue weighted by Crippen LogP contribution is -2.59. The molecule has 0 bridgehead atoms. The van der Waals surface area contributed by atoms with Crippen LogP contribution in [-0.4, -0.2) is 37.1 Å². The Morgan fingerprint density at radius 3 is 2.29 bits per heavy atom. The quantitative estimate of drug-likeness (QED) is 0.747. The van der Waals surface area contributed by atoms with Gasteiger partial charge in [-0.1, -0.05) is 26.8 Å². The van der Waals surface area contributed by atoms with Gasteiger partial charge in [0.25, 0.3) is 0 Å². The molecule has 0 spiro atoms. The number of hydrogen-bond acceptors (Lipinski definition) is 2. The Morgan fingerprint density at radius 2 is 1.86 bits per heavy atom. The van der Waals surface area contributed by atoms with Crippen molar-refractivity contribution in [2.24, 2.45) is 0 Å². The topological polar surface area (TPSA) is 15.3 Å². The Morgan fingerprint density at radius 1 is 1.24 bits per heavy atom. The van der Waals surface area contributed by atoms with Crippen LogP contribution in [0.1, 0.15) is 39.2 Å². The van der Waals surface area contributed by atoms with E-state index in [1.807, 2.05) is 12.1 Å². The zero-order valence-electron chi connectivity index (χ0n) is 13.8. The Labute approximate surface area is 137 Å². The van der Waals surface area contributed by atoms with E-state index in [1.54, 1.807) is 0 Å². The Balaban J connectivity index is 3.07. The van der Waals surface area contributed by atoms with Gasteiger partial charge in [-0.25, -0.2) is 4.39 Å². The summed E-state index contributed by atoms with van der Waals surface area (Å²) in [5.41, 5.74) is 1.26. The van der Waals surface area contributed by atoms with Crippen molar-refractivity contribution in [1.29, 1.82) is 0 Å². The molecule has 1 N–H and O–H groups in total. The molecule has 1 aromatic rings. The standard InChI is InChI=1S/C17H28BrFN2/c1-6-17(7-2,21(4)5)16(20-8-3)12-13-9-10-15(19)14(18)11-13/h9-11,16,20H,6-8,12H2,1-5H3. The van der Waals surface area contributed by atoms with E-state index in [-0.39, 0.29) is 11.4 Å². The van der Waals surface area contributed by atoms with Crippen LogP contribution in [0.2, 0.25) is 0 Å². The van der Waals surface area contributed by atoms with Crippen molar-refractivity contribution in [3.05, 3.63) is 34.1 Å². The molecule has 120 valence electrons. The zero-order chi connectivity index (χ0) is 16.0. The molecule has 1 rings (SSSR count). The third-order valence-corrected chi connectivity index (χ3v) is 5.25. The summed E-state index contributed by atoms with van der Waals surface area (Å²) >= 11 is 3.28. The molecule has 1 atom stereocenters. The van der Waals surface area contributed by atoms with E-state index in [9.17, 15) is 4.39 Å². The van der Waals surface area contributed by atoms with E-state index in [1.165, 1.54) is 6.07 Å². The number of hydrogen-bond donors (Lipinski definition) is 1. The van der Waals surface area contributed by atoms with Crippen LogP contribution >= 0.6 is 15.9 Å². The highest BCUT2D eigenvalue weighted by atomic mass is 79.9. The third-order valence-electron chi connectivity index (χ3n) is 4.64. The zero-order valence-corrected chi connectivity index (χ0v) is 15.4.